The van der Waals surface area contributed by atoms with Gasteiger partial charge in [-0.2, -0.15) is 5.10 Å². The summed E-state index contributed by atoms with van der Waals surface area (Å²) >= 11 is 0. The Labute approximate surface area is 154 Å². The second-order valence-corrected chi connectivity index (χ2v) is 5.98. The van der Waals surface area contributed by atoms with Crippen molar-refractivity contribution in [3.63, 3.8) is 0 Å². The summed E-state index contributed by atoms with van der Waals surface area (Å²) in [5.41, 5.74) is 1.40. The van der Waals surface area contributed by atoms with Gasteiger partial charge in [0.25, 0.3) is 5.56 Å². The summed E-state index contributed by atoms with van der Waals surface area (Å²) < 4.78 is 16.0. The van der Waals surface area contributed by atoms with Crippen LogP contribution in [0.1, 0.15) is 27.8 Å². The van der Waals surface area contributed by atoms with Gasteiger partial charge in [0.05, 0.1) is 25.3 Å². The van der Waals surface area contributed by atoms with Gasteiger partial charge in [-0.15, -0.1) is 0 Å². The van der Waals surface area contributed by atoms with E-state index in [4.69, 9.17) is 14.2 Å². The quantitative estimate of drug-likeness (QED) is 0.664. The van der Waals surface area contributed by atoms with Crippen LogP contribution in [-0.2, 0) is 11.3 Å². The second kappa shape index (κ2) is 6.73. The number of methoxy groups -OCH3 is 2. The molecule has 0 saturated carbocycles. The first kappa shape index (κ1) is 17.0. The first-order chi connectivity index (χ1) is 13.1. The van der Waals surface area contributed by atoms with Gasteiger partial charge in [0.15, 0.2) is 17.7 Å². The van der Waals surface area contributed by atoms with Gasteiger partial charge >= 0.3 is 5.97 Å². The first-order valence-corrected chi connectivity index (χ1v) is 8.29. The Morgan fingerprint density at radius 1 is 1.11 bits per heavy atom. The Bertz CT molecular complexity index is 1090. The van der Waals surface area contributed by atoms with Crippen LogP contribution in [0.5, 0.6) is 11.5 Å². The molecule has 0 unspecified atom stereocenters. The Hall–Kier alpha value is -3.39. The lowest BCUT2D eigenvalue weighted by Gasteiger charge is -2.14. The van der Waals surface area contributed by atoms with Gasteiger partial charge in [-0.3, -0.25) is 10.1 Å². The molecule has 3 aromatic rings. The zero-order valence-electron chi connectivity index (χ0n) is 14.7. The Morgan fingerprint density at radius 2 is 1.89 bits per heavy atom. The zero-order chi connectivity index (χ0) is 19.0. The average Bonchev–Trinajstić information content (AvgIpc) is 3.03. The highest BCUT2D eigenvalue weighted by molar-refractivity contribution is 5.98. The predicted octanol–water partition coefficient (Wildman–Crippen LogP) is 1.90. The number of benzene rings is 2. The number of fused-ring (bicyclic) bond motifs is 2. The molecule has 0 saturated heterocycles. The standard InChI is InChI=1S/C19H17N3O5/c1-25-14-8-7-12-15(16(14)26-2)19(24)27-18(12)20-9-13-10-5-3-4-6-11(10)17(23)22-21-13/h3-8,18,20H,9H2,1-2H3,(H,22,23)/t18-/m0/s1. The Kier molecular flexibility index (Phi) is 4.25. The van der Waals surface area contributed by atoms with Crippen molar-refractivity contribution in [2.75, 3.05) is 14.2 Å². The zero-order valence-corrected chi connectivity index (χ0v) is 14.7. The van der Waals surface area contributed by atoms with E-state index in [1.807, 2.05) is 12.1 Å². The largest absolute Gasteiger partial charge is 0.493 e. The molecule has 0 amide bonds. The third-order valence-corrected chi connectivity index (χ3v) is 4.52. The molecule has 0 fully saturated rings. The van der Waals surface area contributed by atoms with Gasteiger partial charge in [-0.1, -0.05) is 18.2 Å². The van der Waals surface area contributed by atoms with Gasteiger partial charge in [-0.05, 0) is 18.2 Å². The maximum atomic E-state index is 12.3. The highest BCUT2D eigenvalue weighted by Crippen LogP contribution is 2.41. The van der Waals surface area contributed by atoms with Crippen molar-refractivity contribution in [3.8, 4) is 11.5 Å². The van der Waals surface area contributed by atoms with Gasteiger partial charge in [0.2, 0.25) is 0 Å². The number of nitrogens with one attached hydrogen (secondary N) is 2. The Balaban J connectivity index is 1.65. The number of cyclic esters (lactones) is 1. The van der Waals surface area contributed by atoms with Crippen molar-refractivity contribution in [2.45, 2.75) is 12.8 Å². The van der Waals surface area contributed by atoms with Gasteiger partial charge in [-0.25, -0.2) is 9.89 Å². The summed E-state index contributed by atoms with van der Waals surface area (Å²) in [6, 6.07) is 10.7. The number of carbonyl (C=O) groups excluding carboxylic acids is 1. The predicted molar refractivity (Wildman–Crippen MR) is 96.9 cm³/mol. The minimum absolute atomic E-state index is 0.246. The number of rotatable bonds is 5. The van der Waals surface area contributed by atoms with Crippen molar-refractivity contribution >= 4 is 16.7 Å². The highest BCUT2D eigenvalue weighted by atomic mass is 16.6. The third kappa shape index (κ3) is 2.80. The number of H-pyrrole nitrogens is 1. The van der Waals surface area contributed by atoms with E-state index in [1.54, 1.807) is 24.3 Å². The molecule has 8 heteroatoms. The molecule has 4 rings (SSSR count). The minimum atomic E-state index is -0.653. The van der Waals surface area contributed by atoms with E-state index >= 15 is 0 Å². The monoisotopic (exact) mass is 367 g/mol. The van der Waals surface area contributed by atoms with Crippen LogP contribution in [0.3, 0.4) is 0 Å². The van der Waals surface area contributed by atoms with Gasteiger partial charge in [0.1, 0.15) is 5.56 Å². The highest BCUT2D eigenvalue weighted by Gasteiger charge is 2.35. The van der Waals surface area contributed by atoms with Crippen LogP contribution >= 0.6 is 0 Å². The molecule has 0 spiro atoms. The molecule has 1 aromatic heterocycles. The van der Waals surface area contributed by atoms with E-state index in [0.717, 1.165) is 5.39 Å². The van der Waals surface area contributed by atoms with Crippen molar-refractivity contribution in [3.05, 3.63) is 63.6 Å². The number of aromatic amines is 1. The molecule has 1 aliphatic heterocycles. The van der Waals surface area contributed by atoms with Crippen LogP contribution in [0, 0.1) is 0 Å². The number of hydrogen-bond acceptors (Lipinski definition) is 7. The van der Waals surface area contributed by atoms with Gasteiger partial charge in [0, 0.05) is 17.5 Å². The van der Waals surface area contributed by atoms with E-state index in [0.29, 0.717) is 40.3 Å². The van der Waals surface area contributed by atoms with Crippen LogP contribution in [0.2, 0.25) is 0 Å². The summed E-state index contributed by atoms with van der Waals surface area (Å²) in [6.07, 6.45) is -0.653. The fraction of sp³-hybridized carbons (Fsp3) is 0.211. The fourth-order valence-electron chi connectivity index (χ4n) is 3.25. The van der Waals surface area contributed by atoms with E-state index in [-0.39, 0.29) is 5.56 Å². The molecule has 0 aliphatic carbocycles. The Morgan fingerprint density at radius 3 is 2.63 bits per heavy atom. The topological polar surface area (TPSA) is 103 Å². The third-order valence-electron chi connectivity index (χ3n) is 4.52. The number of nitrogens with zero attached hydrogens (tertiary/aromatic N) is 1. The van der Waals surface area contributed by atoms with Crippen molar-refractivity contribution in [1.82, 2.24) is 15.5 Å². The first-order valence-electron chi connectivity index (χ1n) is 8.29. The van der Waals surface area contributed by atoms with Crippen LogP contribution in [-0.4, -0.2) is 30.4 Å². The lowest BCUT2D eigenvalue weighted by molar-refractivity contribution is 0.0301. The molecular weight excluding hydrogens is 350 g/mol. The van der Waals surface area contributed by atoms with Crippen molar-refractivity contribution in [2.24, 2.45) is 0 Å². The molecule has 2 N–H and O–H groups in total. The van der Waals surface area contributed by atoms with E-state index < -0.39 is 12.2 Å². The molecule has 0 radical (unpaired) electrons. The summed E-state index contributed by atoms with van der Waals surface area (Å²) in [6.45, 7) is 0.295. The van der Waals surface area contributed by atoms with Crippen molar-refractivity contribution in [1.29, 1.82) is 0 Å². The number of carbonyl (C=O) groups is 1. The fourth-order valence-corrected chi connectivity index (χ4v) is 3.25. The smallest absolute Gasteiger partial charge is 0.344 e. The average molecular weight is 367 g/mol. The number of aromatic nitrogens is 2. The molecule has 8 nitrogen and oxygen atoms in total. The normalized spacial score (nSPS) is 15.5. The second-order valence-electron chi connectivity index (χ2n) is 5.98. The lowest BCUT2D eigenvalue weighted by Crippen LogP contribution is -2.23. The molecular formula is C19H17N3O5. The summed E-state index contributed by atoms with van der Waals surface area (Å²) in [4.78, 5) is 24.2. The molecule has 2 aromatic carbocycles. The number of ether oxygens (including phenoxy) is 3. The SMILES string of the molecule is COc1ccc2c(c1OC)C(=O)O[C@@H]2NCc1n[nH]c(=O)c2ccccc12. The summed E-state index contributed by atoms with van der Waals surface area (Å²) in [7, 11) is 2.98. The lowest BCUT2D eigenvalue weighted by atomic mass is 10.1. The van der Waals surface area contributed by atoms with Crippen LogP contribution in [0.25, 0.3) is 10.8 Å². The molecule has 1 aliphatic rings. The van der Waals surface area contributed by atoms with Gasteiger partial charge < -0.3 is 14.2 Å². The van der Waals surface area contributed by atoms with E-state index in [1.165, 1.54) is 14.2 Å². The van der Waals surface area contributed by atoms with Crippen LogP contribution in [0.15, 0.2) is 41.2 Å². The number of esters is 1. The molecule has 1 atom stereocenters. The minimum Gasteiger partial charge on any atom is -0.493 e. The molecule has 0 bridgehead atoms. The van der Waals surface area contributed by atoms with E-state index in [9.17, 15) is 9.59 Å². The summed E-state index contributed by atoms with van der Waals surface area (Å²) in [5, 5.41) is 11.1. The van der Waals surface area contributed by atoms with Crippen LogP contribution < -0.4 is 20.3 Å². The molecule has 27 heavy (non-hydrogen) atoms. The maximum Gasteiger partial charge on any atom is 0.344 e. The van der Waals surface area contributed by atoms with E-state index in [2.05, 4.69) is 15.5 Å². The van der Waals surface area contributed by atoms with Crippen molar-refractivity contribution < 1.29 is 19.0 Å². The van der Waals surface area contributed by atoms with Crippen LogP contribution in [0.4, 0.5) is 0 Å². The number of hydrogen-bond donors (Lipinski definition) is 2. The molecule has 2 heterocycles. The maximum absolute atomic E-state index is 12.3. The molecule has 138 valence electrons. The summed E-state index contributed by atoms with van der Waals surface area (Å²) in [5.74, 6) is 0.316.